The maximum absolute atomic E-state index is 12.5. The summed E-state index contributed by atoms with van der Waals surface area (Å²) in [5.74, 6) is 2.15. The first kappa shape index (κ1) is 23.9. The molecule has 6 nitrogen and oxygen atoms in total. The largest absolute Gasteiger partial charge is 0.497 e. The number of benzene rings is 1. The fourth-order valence-electron chi connectivity index (χ4n) is 10.1. The first-order valence-electron chi connectivity index (χ1n) is 14.3. The summed E-state index contributed by atoms with van der Waals surface area (Å²) in [7, 11) is 1.72. The predicted octanol–water partition coefficient (Wildman–Crippen LogP) is 4.89. The van der Waals surface area contributed by atoms with Crippen LogP contribution in [0.15, 0.2) is 24.3 Å². The van der Waals surface area contributed by atoms with E-state index in [1.54, 1.807) is 7.11 Å². The lowest BCUT2D eigenvalue weighted by Crippen LogP contribution is -2.65. The van der Waals surface area contributed by atoms with Gasteiger partial charge in [-0.3, -0.25) is 0 Å². The van der Waals surface area contributed by atoms with E-state index in [1.165, 1.54) is 5.56 Å². The third-order valence-electron chi connectivity index (χ3n) is 11.7. The van der Waals surface area contributed by atoms with Crippen LogP contribution in [0.5, 0.6) is 5.75 Å². The van der Waals surface area contributed by atoms with Gasteiger partial charge < -0.3 is 28.8 Å². The lowest BCUT2D eigenvalue weighted by atomic mass is 9.43. The van der Waals surface area contributed by atoms with E-state index >= 15 is 0 Å². The molecule has 7 rings (SSSR count). The van der Waals surface area contributed by atoms with Gasteiger partial charge in [-0.1, -0.05) is 26.0 Å². The molecule has 198 valence electrons. The van der Waals surface area contributed by atoms with Crippen molar-refractivity contribution in [3.63, 3.8) is 0 Å². The Morgan fingerprint density at radius 2 is 1.58 bits per heavy atom. The van der Waals surface area contributed by atoms with Gasteiger partial charge in [-0.15, -0.1) is 0 Å². The summed E-state index contributed by atoms with van der Waals surface area (Å²) in [6.07, 6.45) is 6.64. The number of methoxy groups -OCH3 is 1. The summed E-state index contributed by atoms with van der Waals surface area (Å²) in [6, 6.07) is 8.71. The molecule has 0 amide bonds. The van der Waals surface area contributed by atoms with E-state index in [2.05, 4.69) is 38.1 Å². The number of aliphatic hydroxyl groups is 1. The van der Waals surface area contributed by atoms with Gasteiger partial charge in [0, 0.05) is 24.7 Å². The summed E-state index contributed by atoms with van der Waals surface area (Å²) in [5.41, 5.74) is 0.563. The second kappa shape index (κ2) is 8.16. The number of hydrogen-bond donors (Lipinski definition) is 1. The molecule has 36 heavy (non-hydrogen) atoms. The van der Waals surface area contributed by atoms with Crippen molar-refractivity contribution in [3.05, 3.63) is 29.8 Å². The molecule has 6 aliphatic rings. The smallest absolute Gasteiger partial charge is 0.174 e. The minimum absolute atomic E-state index is 0.0298. The molecule has 8 atom stereocenters. The third-order valence-corrected chi connectivity index (χ3v) is 11.7. The second-order valence-electron chi connectivity index (χ2n) is 12.9. The first-order chi connectivity index (χ1) is 17.3. The highest BCUT2D eigenvalue weighted by molar-refractivity contribution is 5.32. The van der Waals surface area contributed by atoms with Gasteiger partial charge in [0.2, 0.25) is 0 Å². The number of rotatable bonds is 2. The highest BCUT2D eigenvalue weighted by Crippen LogP contribution is 2.71. The van der Waals surface area contributed by atoms with Crippen LogP contribution in [0.1, 0.15) is 70.3 Å². The Morgan fingerprint density at radius 1 is 0.917 bits per heavy atom. The quantitative estimate of drug-likeness (QED) is 0.627. The molecule has 6 fully saturated rings. The Balaban J connectivity index is 1.31. The maximum atomic E-state index is 12.5. The number of ether oxygens (including phenoxy) is 5. The molecule has 1 aromatic carbocycles. The summed E-state index contributed by atoms with van der Waals surface area (Å²) in [4.78, 5) is 0. The van der Waals surface area contributed by atoms with Gasteiger partial charge in [-0.25, -0.2) is 0 Å². The zero-order valence-corrected chi connectivity index (χ0v) is 22.0. The van der Waals surface area contributed by atoms with Gasteiger partial charge in [0.15, 0.2) is 11.6 Å². The van der Waals surface area contributed by atoms with Crippen LogP contribution in [0.4, 0.5) is 0 Å². The molecule has 4 saturated carbocycles. The predicted molar refractivity (Wildman–Crippen MR) is 134 cm³/mol. The van der Waals surface area contributed by atoms with E-state index in [0.717, 1.165) is 44.3 Å². The van der Waals surface area contributed by atoms with Crippen LogP contribution in [0.2, 0.25) is 0 Å². The van der Waals surface area contributed by atoms with Crippen LogP contribution in [0.3, 0.4) is 0 Å². The fourth-order valence-corrected chi connectivity index (χ4v) is 10.1. The lowest BCUT2D eigenvalue weighted by Gasteiger charge is -2.64. The van der Waals surface area contributed by atoms with Crippen LogP contribution in [0.25, 0.3) is 0 Å². The minimum atomic E-state index is -0.765. The molecule has 0 bridgehead atoms. The molecular formula is C30H42O6. The molecule has 0 aromatic heterocycles. The molecular weight excluding hydrogens is 456 g/mol. The summed E-state index contributed by atoms with van der Waals surface area (Å²) in [5, 5.41) is 12.5. The van der Waals surface area contributed by atoms with Crippen LogP contribution in [-0.4, -0.2) is 55.8 Å². The molecule has 1 N–H and O–H groups in total. The van der Waals surface area contributed by atoms with Gasteiger partial charge in [0.05, 0.1) is 39.1 Å². The monoisotopic (exact) mass is 498 g/mol. The van der Waals surface area contributed by atoms with Crippen molar-refractivity contribution in [2.24, 2.45) is 35.0 Å². The Bertz CT molecular complexity index is 982. The summed E-state index contributed by atoms with van der Waals surface area (Å²) in [6.45, 7) is 7.40. The SMILES string of the molecule is COc1ccc([C@H]2C[C@@]3(C)[C@@H](CCC34OCCO4)[C@@H]3C[C@@H](C)[C@@]4(O)CC5(CC[C@@H]4[C@H]32)OCCO5)cc1. The third kappa shape index (κ3) is 3.14. The van der Waals surface area contributed by atoms with Gasteiger partial charge >= 0.3 is 0 Å². The number of fused-ring (bicyclic) bond motifs is 6. The first-order valence-corrected chi connectivity index (χ1v) is 14.3. The Kier molecular flexibility index (Phi) is 5.42. The highest BCUT2D eigenvalue weighted by Gasteiger charge is 2.71. The molecule has 0 radical (unpaired) electrons. The van der Waals surface area contributed by atoms with Crippen LogP contribution < -0.4 is 4.74 Å². The molecule has 1 aromatic rings. The maximum Gasteiger partial charge on any atom is 0.174 e. The average molecular weight is 499 g/mol. The van der Waals surface area contributed by atoms with E-state index in [4.69, 9.17) is 23.7 Å². The summed E-state index contributed by atoms with van der Waals surface area (Å²) < 4.78 is 30.7. The molecule has 4 aliphatic carbocycles. The van der Waals surface area contributed by atoms with Crippen molar-refractivity contribution in [1.29, 1.82) is 0 Å². The zero-order chi connectivity index (χ0) is 24.8. The van der Waals surface area contributed by atoms with Crippen LogP contribution in [0, 0.1) is 35.0 Å². The normalized spacial score (nSPS) is 46.4. The second-order valence-corrected chi connectivity index (χ2v) is 12.9. The lowest BCUT2D eigenvalue weighted by molar-refractivity contribution is -0.284. The van der Waals surface area contributed by atoms with Crippen molar-refractivity contribution in [3.8, 4) is 5.75 Å². The topological polar surface area (TPSA) is 66.4 Å². The zero-order valence-electron chi connectivity index (χ0n) is 22.0. The van der Waals surface area contributed by atoms with Crippen molar-refractivity contribution in [2.75, 3.05) is 33.5 Å². The van der Waals surface area contributed by atoms with Gasteiger partial charge in [-0.05, 0) is 78.9 Å². The van der Waals surface area contributed by atoms with Gasteiger partial charge in [0.1, 0.15) is 5.75 Å². The van der Waals surface area contributed by atoms with Crippen molar-refractivity contribution < 1.29 is 28.8 Å². The highest BCUT2D eigenvalue weighted by atomic mass is 16.7. The average Bonchev–Trinajstić information content (AvgIpc) is 3.60. The Morgan fingerprint density at radius 3 is 2.28 bits per heavy atom. The molecule has 2 saturated heterocycles. The summed E-state index contributed by atoms with van der Waals surface area (Å²) >= 11 is 0. The van der Waals surface area contributed by atoms with Crippen molar-refractivity contribution >= 4 is 0 Å². The van der Waals surface area contributed by atoms with E-state index in [9.17, 15) is 5.11 Å². The molecule has 2 heterocycles. The minimum Gasteiger partial charge on any atom is -0.497 e. The van der Waals surface area contributed by atoms with Crippen molar-refractivity contribution in [1.82, 2.24) is 0 Å². The molecule has 6 heteroatoms. The van der Waals surface area contributed by atoms with E-state index < -0.39 is 17.2 Å². The van der Waals surface area contributed by atoms with Crippen molar-refractivity contribution in [2.45, 2.75) is 81.9 Å². The van der Waals surface area contributed by atoms with Gasteiger partial charge in [-0.2, -0.15) is 0 Å². The van der Waals surface area contributed by atoms with E-state index in [-0.39, 0.29) is 17.3 Å². The van der Waals surface area contributed by atoms with E-state index in [0.29, 0.717) is 56.5 Å². The van der Waals surface area contributed by atoms with Gasteiger partial charge in [0.25, 0.3) is 0 Å². The molecule has 2 spiro atoms. The van der Waals surface area contributed by atoms with Crippen LogP contribution in [-0.2, 0) is 18.9 Å². The molecule has 2 aliphatic heterocycles. The Hall–Kier alpha value is -1.18. The Labute approximate surface area is 215 Å². The van der Waals surface area contributed by atoms with E-state index in [1.807, 2.05) is 0 Å². The number of hydrogen-bond acceptors (Lipinski definition) is 6. The standard InChI is InChI=1S/C30H42O6/c1-19-16-22-24-9-11-30(35-14-15-36-30)27(24,2)17-23(20-4-6-21(32-3)7-5-20)26(22)25-8-10-28(18-29(19,25)31)33-12-13-34-28/h4-7,19,22-26,31H,8-18H2,1-3H3/t19-,22+,23-,24+,25-,26-,27+,29+/m1/s1. The molecule has 0 unspecified atom stereocenters. The van der Waals surface area contributed by atoms with Crippen LogP contribution >= 0.6 is 0 Å². The fraction of sp³-hybridized carbons (Fsp3) is 0.800.